The minimum Gasteiger partial charge on any atom is -0.379 e. The minimum atomic E-state index is 0. The summed E-state index contributed by atoms with van der Waals surface area (Å²) in [5.41, 5.74) is 1.38. The number of ether oxygens (including phenoxy) is 1. The van der Waals surface area contributed by atoms with Gasteiger partial charge in [-0.3, -0.25) is 9.89 Å². The molecule has 1 aromatic rings. The molecule has 1 heterocycles. The topological polar surface area (TPSA) is 40.1 Å². The van der Waals surface area contributed by atoms with Crippen molar-refractivity contribution in [2.45, 2.75) is 32.7 Å². The molecule has 1 N–H and O–H groups in total. The van der Waals surface area contributed by atoms with E-state index in [0.717, 1.165) is 51.3 Å². The fourth-order valence-corrected chi connectivity index (χ4v) is 3.71. The van der Waals surface area contributed by atoms with Gasteiger partial charge in [-0.15, -0.1) is 24.0 Å². The number of likely N-dealkylation sites (N-methyl/N-ethyl adjacent to an activating group) is 2. The van der Waals surface area contributed by atoms with E-state index in [0.29, 0.717) is 6.04 Å². The number of aliphatic imine (C=N–C) groups is 1. The van der Waals surface area contributed by atoms with Crippen LogP contribution >= 0.6 is 35.3 Å². The van der Waals surface area contributed by atoms with Gasteiger partial charge in [0, 0.05) is 33.8 Å². The Labute approximate surface area is 180 Å². The van der Waals surface area contributed by atoms with Gasteiger partial charge in [-0.05, 0) is 54.2 Å². The Hall–Kier alpha value is -0.380. The van der Waals surface area contributed by atoms with Crippen LogP contribution in [0.4, 0.5) is 0 Å². The molecular weight excluding hydrogens is 459 g/mol. The van der Waals surface area contributed by atoms with Gasteiger partial charge in [0.2, 0.25) is 0 Å². The highest BCUT2D eigenvalue weighted by atomic mass is 127. The summed E-state index contributed by atoms with van der Waals surface area (Å²) in [7, 11) is 3.92. The third kappa shape index (κ3) is 7.70. The quantitative estimate of drug-likeness (QED) is 0.221. The lowest BCUT2D eigenvalue weighted by Gasteiger charge is -2.31. The van der Waals surface area contributed by atoms with Crippen LogP contribution in [0, 0.1) is 5.92 Å². The predicted molar refractivity (Wildman–Crippen MR) is 123 cm³/mol. The number of thiophene rings is 1. The molecule has 1 saturated carbocycles. The van der Waals surface area contributed by atoms with Gasteiger partial charge in [0.05, 0.1) is 12.6 Å². The third-order valence-electron chi connectivity index (χ3n) is 4.83. The second-order valence-corrected chi connectivity index (χ2v) is 7.44. The van der Waals surface area contributed by atoms with E-state index in [4.69, 9.17) is 4.74 Å². The van der Waals surface area contributed by atoms with Crippen molar-refractivity contribution >= 4 is 41.3 Å². The Morgan fingerprint density at radius 1 is 1.38 bits per heavy atom. The normalized spacial score (nSPS) is 15.7. The zero-order valence-electron chi connectivity index (χ0n) is 16.6. The maximum atomic E-state index is 5.75. The Balaban J connectivity index is 0.00000338. The fraction of sp³-hybridized carbons (Fsp3) is 0.737. The van der Waals surface area contributed by atoms with Gasteiger partial charge in [-0.2, -0.15) is 11.3 Å². The molecule has 1 fully saturated rings. The molecule has 2 rings (SSSR count). The van der Waals surface area contributed by atoms with Crippen LogP contribution in [0.5, 0.6) is 0 Å². The molecule has 0 amide bonds. The van der Waals surface area contributed by atoms with E-state index < -0.39 is 0 Å². The van der Waals surface area contributed by atoms with Gasteiger partial charge < -0.3 is 15.0 Å². The molecule has 1 aromatic heterocycles. The largest absolute Gasteiger partial charge is 0.379 e. The van der Waals surface area contributed by atoms with Crippen molar-refractivity contribution in [2.24, 2.45) is 10.9 Å². The standard InChI is InChI=1S/C19H34N4OS.HI/c1-5-23(6-2)18(17-9-12-25-15-17)13-21-19(20-3)22(4)10-11-24-14-16-7-8-16;/h9,12,15-16,18H,5-8,10-11,13-14H2,1-4H3,(H,20,21);1H. The summed E-state index contributed by atoms with van der Waals surface area (Å²) in [5.74, 6) is 1.76. The van der Waals surface area contributed by atoms with Crippen molar-refractivity contribution in [1.29, 1.82) is 0 Å². The summed E-state index contributed by atoms with van der Waals surface area (Å²) in [5, 5.41) is 7.96. The molecule has 0 saturated heterocycles. The Morgan fingerprint density at radius 2 is 2.12 bits per heavy atom. The Bertz CT molecular complexity index is 504. The van der Waals surface area contributed by atoms with Crippen LogP contribution in [-0.4, -0.2) is 69.2 Å². The minimum absolute atomic E-state index is 0. The average Bonchev–Trinajstić information content (AvgIpc) is 3.29. The molecule has 150 valence electrons. The van der Waals surface area contributed by atoms with Crippen molar-refractivity contribution in [2.75, 3.05) is 53.5 Å². The molecule has 0 bridgehead atoms. The van der Waals surface area contributed by atoms with Crippen LogP contribution in [0.25, 0.3) is 0 Å². The molecule has 5 nitrogen and oxygen atoms in total. The molecule has 0 spiro atoms. The highest BCUT2D eigenvalue weighted by molar-refractivity contribution is 14.0. The first-order valence-electron chi connectivity index (χ1n) is 9.45. The number of halogens is 1. The molecule has 0 radical (unpaired) electrons. The lowest BCUT2D eigenvalue weighted by atomic mass is 10.1. The van der Waals surface area contributed by atoms with Gasteiger partial charge in [0.1, 0.15) is 0 Å². The third-order valence-corrected chi connectivity index (χ3v) is 5.53. The summed E-state index contributed by atoms with van der Waals surface area (Å²) < 4.78 is 5.75. The summed E-state index contributed by atoms with van der Waals surface area (Å²) in [6, 6.07) is 2.60. The summed E-state index contributed by atoms with van der Waals surface area (Å²) in [4.78, 5) is 9.08. The van der Waals surface area contributed by atoms with E-state index in [1.54, 1.807) is 11.3 Å². The molecule has 1 atom stereocenters. The van der Waals surface area contributed by atoms with Crippen LogP contribution in [0.3, 0.4) is 0 Å². The molecule has 7 heteroatoms. The van der Waals surface area contributed by atoms with Gasteiger partial charge in [0.15, 0.2) is 5.96 Å². The molecule has 0 aliphatic heterocycles. The van der Waals surface area contributed by atoms with Crippen molar-refractivity contribution in [3.05, 3.63) is 22.4 Å². The molecule has 1 aliphatic rings. The van der Waals surface area contributed by atoms with E-state index in [1.807, 2.05) is 7.05 Å². The van der Waals surface area contributed by atoms with Crippen molar-refractivity contribution in [3.8, 4) is 0 Å². The SMILES string of the molecule is CCN(CC)C(CNC(=NC)N(C)CCOCC1CC1)c1ccsc1.I. The molecule has 26 heavy (non-hydrogen) atoms. The summed E-state index contributed by atoms with van der Waals surface area (Å²) in [6.45, 7) is 9.94. The van der Waals surface area contributed by atoms with Crippen molar-refractivity contribution < 1.29 is 4.74 Å². The Morgan fingerprint density at radius 3 is 2.65 bits per heavy atom. The second kappa shape index (κ2) is 12.9. The molecule has 0 aromatic carbocycles. The second-order valence-electron chi connectivity index (χ2n) is 6.66. The van der Waals surface area contributed by atoms with Gasteiger partial charge >= 0.3 is 0 Å². The van der Waals surface area contributed by atoms with Gasteiger partial charge in [0.25, 0.3) is 0 Å². The van der Waals surface area contributed by atoms with Crippen LogP contribution < -0.4 is 5.32 Å². The number of nitrogens with one attached hydrogen (secondary N) is 1. The van der Waals surface area contributed by atoms with Gasteiger partial charge in [-0.1, -0.05) is 13.8 Å². The highest BCUT2D eigenvalue weighted by Crippen LogP contribution is 2.28. The number of nitrogens with zero attached hydrogens (tertiary/aromatic N) is 3. The van der Waals surface area contributed by atoms with Crippen molar-refractivity contribution in [1.82, 2.24) is 15.1 Å². The van der Waals surface area contributed by atoms with E-state index in [2.05, 4.69) is 57.8 Å². The number of guanidine groups is 1. The van der Waals surface area contributed by atoms with Crippen LogP contribution in [0.2, 0.25) is 0 Å². The first-order chi connectivity index (χ1) is 12.2. The van der Waals surface area contributed by atoms with E-state index in [-0.39, 0.29) is 24.0 Å². The maximum absolute atomic E-state index is 5.75. The van der Waals surface area contributed by atoms with Crippen LogP contribution in [0.1, 0.15) is 38.3 Å². The number of rotatable bonds is 11. The van der Waals surface area contributed by atoms with E-state index >= 15 is 0 Å². The highest BCUT2D eigenvalue weighted by Gasteiger charge is 2.21. The predicted octanol–water partition coefficient (Wildman–Crippen LogP) is 3.68. The first-order valence-corrected chi connectivity index (χ1v) is 10.4. The number of hydrogen-bond acceptors (Lipinski definition) is 4. The van der Waals surface area contributed by atoms with Gasteiger partial charge in [-0.25, -0.2) is 0 Å². The zero-order chi connectivity index (χ0) is 18.1. The van der Waals surface area contributed by atoms with Crippen molar-refractivity contribution in [3.63, 3.8) is 0 Å². The smallest absolute Gasteiger partial charge is 0.193 e. The fourth-order valence-electron chi connectivity index (χ4n) is 3.00. The molecule has 1 unspecified atom stereocenters. The molecular formula is C19H35IN4OS. The monoisotopic (exact) mass is 494 g/mol. The molecule has 1 aliphatic carbocycles. The maximum Gasteiger partial charge on any atom is 0.193 e. The lowest BCUT2D eigenvalue weighted by molar-refractivity contribution is 0.115. The zero-order valence-corrected chi connectivity index (χ0v) is 19.8. The van der Waals surface area contributed by atoms with Crippen LogP contribution in [-0.2, 0) is 4.74 Å². The summed E-state index contributed by atoms with van der Waals surface area (Å²) >= 11 is 1.76. The lowest BCUT2D eigenvalue weighted by Crippen LogP contribution is -2.44. The average molecular weight is 494 g/mol. The summed E-state index contributed by atoms with van der Waals surface area (Å²) in [6.07, 6.45) is 2.68. The van der Waals surface area contributed by atoms with E-state index in [1.165, 1.54) is 18.4 Å². The first kappa shape index (κ1) is 23.7. The Kier molecular flexibility index (Phi) is 11.7. The van der Waals surface area contributed by atoms with E-state index in [9.17, 15) is 0 Å². The number of hydrogen-bond donors (Lipinski definition) is 1. The van der Waals surface area contributed by atoms with Crippen LogP contribution in [0.15, 0.2) is 21.8 Å².